The number of carbonyl (C=O) groups is 1. The lowest BCUT2D eigenvalue weighted by Gasteiger charge is -2.14. The third kappa shape index (κ3) is 3.20. The van der Waals surface area contributed by atoms with E-state index in [0.29, 0.717) is 5.75 Å². The van der Waals surface area contributed by atoms with E-state index in [1.165, 1.54) is 7.11 Å². The van der Waals surface area contributed by atoms with Crippen molar-refractivity contribution in [3.05, 3.63) is 28.8 Å². The first kappa shape index (κ1) is 13.5. The average molecular weight is 238 g/mol. The molecule has 0 aliphatic carbocycles. The van der Waals surface area contributed by atoms with Crippen LogP contribution >= 0.6 is 0 Å². The number of methoxy groups -OCH3 is 2. The zero-order chi connectivity index (χ0) is 13.0. The van der Waals surface area contributed by atoms with Gasteiger partial charge in [-0.25, -0.2) is 4.79 Å². The Labute approximate surface area is 101 Å². The largest absolute Gasteiger partial charge is 0.496 e. The monoisotopic (exact) mass is 238 g/mol. The quantitative estimate of drug-likeness (QED) is 0.805. The maximum absolute atomic E-state index is 11.2. The van der Waals surface area contributed by atoms with E-state index in [2.05, 4.69) is 4.74 Å². The van der Waals surface area contributed by atoms with Crippen LogP contribution in [-0.2, 0) is 16.0 Å². The van der Waals surface area contributed by atoms with Gasteiger partial charge in [-0.2, -0.15) is 0 Å². The smallest absolute Gasteiger partial charge is 0.335 e. The molecule has 0 radical (unpaired) electrons. The molecule has 17 heavy (non-hydrogen) atoms. The third-order valence-electron chi connectivity index (χ3n) is 2.78. The van der Waals surface area contributed by atoms with E-state index in [0.717, 1.165) is 16.7 Å². The summed E-state index contributed by atoms with van der Waals surface area (Å²) in [6.45, 7) is 3.96. The number of hydrogen-bond acceptors (Lipinski definition) is 4. The van der Waals surface area contributed by atoms with Crippen LogP contribution in [0.4, 0.5) is 0 Å². The summed E-state index contributed by atoms with van der Waals surface area (Å²) in [6.07, 6.45) is -0.965. The summed E-state index contributed by atoms with van der Waals surface area (Å²) in [4.78, 5) is 11.2. The van der Waals surface area contributed by atoms with E-state index < -0.39 is 12.1 Å². The van der Waals surface area contributed by atoms with Crippen molar-refractivity contribution in [2.75, 3.05) is 14.2 Å². The van der Waals surface area contributed by atoms with Gasteiger partial charge in [-0.05, 0) is 36.6 Å². The van der Waals surface area contributed by atoms with E-state index in [4.69, 9.17) is 4.74 Å². The van der Waals surface area contributed by atoms with Crippen LogP contribution in [0.2, 0.25) is 0 Å². The molecule has 4 heteroatoms. The normalized spacial score (nSPS) is 12.1. The molecule has 0 aliphatic rings. The van der Waals surface area contributed by atoms with Crippen molar-refractivity contribution in [3.63, 3.8) is 0 Å². The average Bonchev–Trinajstić information content (AvgIpc) is 2.32. The summed E-state index contributed by atoms with van der Waals surface area (Å²) in [5, 5.41) is 9.62. The molecule has 1 N–H and O–H groups in total. The topological polar surface area (TPSA) is 55.8 Å². The van der Waals surface area contributed by atoms with E-state index in [-0.39, 0.29) is 6.42 Å². The summed E-state index contributed by atoms with van der Waals surface area (Å²) in [5.41, 5.74) is 3.00. The van der Waals surface area contributed by atoms with Gasteiger partial charge in [0.05, 0.1) is 14.2 Å². The predicted molar refractivity (Wildman–Crippen MR) is 64.2 cm³/mol. The van der Waals surface area contributed by atoms with Crippen LogP contribution in [-0.4, -0.2) is 31.4 Å². The van der Waals surface area contributed by atoms with Gasteiger partial charge in [0, 0.05) is 6.42 Å². The van der Waals surface area contributed by atoms with E-state index in [1.807, 2.05) is 26.0 Å². The van der Waals surface area contributed by atoms with Crippen molar-refractivity contribution in [3.8, 4) is 5.75 Å². The Kier molecular flexibility index (Phi) is 4.52. The Hall–Kier alpha value is -1.55. The number of hydrogen-bond donors (Lipinski definition) is 1. The first-order valence-electron chi connectivity index (χ1n) is 5.39. The highest BCUT2D eigenvalue weighted by atomic mass is 16.5. The molecule has 1 rings (SSSR count). The maximum Gasteiger partial charge on any atom is 0.335 e. The molecule has 0 bridgehead atoms. The molecular formula is C13H18O4. The first-order chi connectivity index (χ1) is 7.99. The minimum atomic E-state index is -1.16. The van der Waals surface area contributed by atoms with Gasteiger partial charge in [0.2, 0.25) is 0 Å². The molecule has 0 amide bonds. The van der Waals surface area contributed by atoms with Gasteiger partial charge in [0.1, 0.15) is 5.75 Å². The minimum Gasteiger partial charge on any atom is -0.496 e. The van der Waals surface area contributed by atoms with Crippen LogP contribution in [0, 0.1) is 13.8 Å². The van der Waals surface area contributed by atoms with Gasteiger partial charge in [-0.1, -0.05) is 6.07 Å². The van der Waals surface area contributed by atoms with Gasteiger partial charge in [-0.15, -0.1) is 0 Å². The lowest BCUT2D eigenvalue weighted by Crippen LogP contribution is -2.24. The van der Waals surface area contributed by atoms with Crippen LogP contribution in [0.3, 0.4) is 0 Å². The predicted octanol–water partition coefficient (Wildman–Crippen LogP) is 1.39. The minimum absolute atomic E-state index is 0.191. The molecule has 0 aromatic heterocycles. The Balaban J connectivity index is 2.97. The molecule has 0 fully saturated rings. The van der Waals surface area contributed by atoms with Crippen LogP contribution in [0.15, 0.2) is 12.1 Å². The van der Waals surface area contributed by atoms with Crippen LogP contribution in [0.1, 0.15) is 16.7 Å². The summed E-state index contributed by atoms with van der Waals surface area (Å²) in [6, 6.07) is 3.81. The van der Waals surface area contributed by atoms with Crippen molar-refractivity contribution >= 4 is 5.97 Å². The molecule has 1 atom stereocenters. The molecule has 0 saturated heterocycles. The van der Waals surface area contributed by atoms with Gasteiger partial charge in [0.25, 0.3) is 0 Å². The van der Waals surface area contributed by atoms with Crippen molar-refractivity contribution in [1.82, 2.24) is 0 Å². The van der Waals surface area contributed by atoms with Crippen LogP contribution in [0.5, 0.6) is 5.75 Å². The molecule has 1 aromatic rings. The second kappa shape index (κ2) is 5.68. The van der Waals surface area contributed by atoms with Gasteiger partial charge in [-0.3, -0.25) is 0 Å². The van der Waals surface area contributed by atoms with Crippen molar-refractivity contribution in [1.29, 1.82) is 0 Å². The zero-order valence-corrected chi connectivity index (χ0v) is 10.6. The highest BCUT2D eigenvalue weighted by Gasteiger charge is 2.18. The van der Waals surface area contributed by atoms with Gasteiger partial charge in [0.15, 0.2) is 6.10 Å². The highest BCUT2D eigenvalue weighted by molar-refractivity contribution is 5.74. The Morgan fingerprint density at radius 2 is 1.88 bits per heavy atom. The molecule has 0 spiro atoms. The van der Waals surface area contributed by atoms with Crippen molar-refractivity contribution in [2.24, 2.45) is 0 Å². The summed E-state index contributed by atoms with van der Waals surface area (Å²) >= 11 is 0. The number of aryl methyl sites for hydroxylation is 2. The lowest BCUT2D eigenvalue weighted by atomic mass is 10.0. The SMILES string of the molecule is COC(=O)C(O)Cc1cc(C)c(C)cc1OC. The Bertz CT molecular complexity index is 412. The van der Waals surface area contributed by atoms with Crippen molar-refractivity contribution in [2.45, 2.75) is 26.4 Å². The number of carbonyl (C=O) groups excluding carboxylic acids is 1. The first-order valence-corrected chi connectivity index (χ1v) is 5.39. The fraction of sp³-hybridized carbons (Fsp3) is 0.462. The third-order valence-corrected chi connectivity index (χ3v) is 2.78. The summed E-state index contributed by atoms with van der Waals surface area (Å²) in [7, 11) is 2.82. The second-order valence-electron chi connectivity index (χ2n) is 3.99. The Morgan fingerprint density at radius 3 is 2.41 bits per heavy atom. The number of rotatable bonds is 4. The van der Waals surface area contributed by atoms with E-state index >= 15 is 0 Å². The van der Waals surface area contributed by atoms with Crippen LogP contribution in [0.25, 0.3) is 0 Å². The maximum atomic E-state index is 11.2. The molecular weight excluding hydrogens is 220 g/mol. The fourth-order valence-electron chi connectivity index (χ4n) is 1.63. The number of aliphatic hydroxyl groups is 1. The molecule has 94 valence electrons. The summed E-state index contributed by atoms with van der Waals surface area (Å²) < 4.78 is 9.71. The van der Waals surface area contributed by atoms with E-state index in [9.17, 15) is 9.90 Å². The summed E-state index contributed by atoms with van der Waals surface area (Å²) in [5.74, 6) is 0.0429. The van der Waals surface area contributed by atoms with Gasteiger partial charge >= 0.3 is 5.97 Å². The van der Waals surface area contributed by atoms with Crippen LogP contribution < -0.4 is 4.74 Å². The second-order valence-corrected chi connectivity index (χ2v) is 3.99. The molecule has 1 aromatic carbocycles. The van der Waals surface area contributed by atoms with Crippen molar-refractivity contribution < 1.29 is 19.4 Å². The molecule has 4 nitrogen and oxygen atoms in total. The number of benzene rings is 1. The number of esters is 1. The molecule has 0 saturated carbocycles. The lowest BCUT2D eigenvalue weighted by molar-refractivity contribution is -0.150. The molecule has 1 unspecified atom stereocenters. The fourth-order valence-corrected chi connectivity index (χ4v) is 1.63. The Morgan fingerprint density at radius 1 is 1.29 bits per heavy atom. The van der Waals surface area contributed by atoms with Gasteiger partial charge < -0.3 is 14.6 Å². The molecule has 0 aliphatic heterocycles. The molecule has 0 heterocycles. The van der Waals surface area contributed by atoms with E-state index in [1.54, 1.807) is 7.11 Å². The number of ether oxygens (including phenoxy) is 2. The highest BCUT2D eigenvalue weighted by Crippen LogP contribution is 2.24. The zero-order valence-electron chi connectivity index (χ0n) is 10.6. The number of aliphatic hydroxyl groups excluding tert-OH is 1. The standard InChI is InChI=1S/C13H18O4/c1-8-5-10(7-11(14)13(15)17-4)12(16-3)6-9(8)2/h5-6,11,14H,7H2,1-4H3.